The number of likely N-dealkylation sites (N-methyl/N-ethyl adjacent to an activating group) is 1. The fourth-order valence-electron chi connectivity index (χ4n) is 1.08. The molecule has 0 aliphatic carbocycles. The van der Waals surface area contributed by atoms with Crippen LogP contribution in [0.4, 0.5) is 4.79 Å². The molecule has 0 fully saturated rings. The number of hydrogen-bond donors (Lipinski definition) is 2. The third kappa shape index (κ3) is 4.39. The highest BCUT2D eigenvalue weighted by Gasteiger charge is 2.08. The maximum Gasteiger partial charge on any atom is 0.407 e. The van der Waals surface area contributed by atoms with Gasteiger partial charge in [0.25, 0.3) is 5.91 Å². The van der Waals surface area contributed by atoms with Crippen molar-refractivity contribution in [2.24, 2.45) is 0 Å². The number of carbonyl (C=O) groups excluding carboxylic acids is 1. The highest BCUT2D eigenvalue weighted by Crippen LogP contribution is 2.07. The molecule has 0 saturated heterocycles. The number of amides is 2. The quantitative estimate of drug-likeness (QED) is 0.818. The van der Waals surface area contributed by atoms with Crippen LogP contribution in [0.1, 0.15) is 10.4 Å². The van der Waals surface area contributed by atoms with Gasteiger partial charge >= 0.3 is 6.09 Å². The Hall–Kier alpha value is -1.63. The van der Waals surface area contributed by atoms with Crippen LogP contribution in [0.5, 0.6) is 0 Å². The van der Waals surface area contributed by atoms with Crippen molar-refractivity contribution in [2.45, 2.75) is 0 Å². The molecule has 0 bridgehead atoms. The molecule has 92 valence electrons. The Bertz CT molecular complexity index is 425. The predicted molar refractivity (Wildman–Crippen MR) is 64.9 cm³/mol. The minimum Gasteiger partial charge on any atom is -0.465 e. The zero-order valence-corrected chi connectivity index (χ0v) is 10.8. The van der Waals surface area contributed by atoms with Crippen molar-refractivity contribution in [2.75, 3.05) is 20.1 Å². The standard InChI is InChI=1S/C10H12BrN3O3/c1-14(10(16)17)5-4-13-9(15)7-2-3-12-8(11)6-7/h2-3,6H,4-5H2,1H3,(H,13,15)(H,16,17). The third-order valence-electron chi connectivity index (χ3n) is 2.05. The number of pyridine rings is 1. The Morgan fingerprint density at radius 2 is 2.29 bits per heavy atom. The van der Waals surface area contributed by atoms with Crippen molar-refractivity contribution in [1.29, 1.82) is 0 Å². The molecule has 7 heteroatoms. The van der Waals surface area contributed by atoms with Crippen molar-refractivity contribution in [3.63, 3.8) is 0 Å². The fourth-order valence-corrected chi connectivity index (χ4v) is 1.44. The fraction of sp³-hybridized carbons (Fsp3) is 0.300. The van der Waals surface area contributed by atoms with Crippen LogP contribution in [-0.2, 0) is 0 Å². The topological polar surface area (TPSA) is 82.5 Å². The summed E-state index contributed by atoms with van der Waals surface area (Å²) in [4.78, 5) is 27.1. The van der Waals surface area contributed by atoms with Gasteiger partial charge in [0, 0.05) is 31.9 Å². The minimum absolute atomic E-state index is 0.243. The van der Waals surface area contributed by atoms with E-state index >= 15 is 0 Å². The largest absolute Gasteiger partial charge is 0.465 e. The SMILES string of the molecule is CN(CCNC(=O)c1ccnc(Br)c1)C(=O)O. The van der Waals surface area contributed by atoms with Gasteiger partial charge in [0.2, 0.25) is 0 Å². The van der Waals surface area contributed by atoms with Crippen molar-refractivity contribution < 1.29 is 14.7 Å². The van der Waals surface area contributed by atoms with Crippen molar-refractivity contribution >= 4 is 27.9 Å². The average Bonchev–Trinajstić information content (AvgIpc) is 2.28. The average molecular weight is 302 g/mol. The molecule has 0 radical (unpaired) electrons. The summed E-state index contributed by atoms with van der Waals surface area (Å²) in [5, 5.41) is 11.2. The molecule has 1 heterocycles. The van der Waals surface area contributed by atoms with Crippen LogP contribution >= 0.6 is 15.9 Å². The summed E-state index contributed by atoms with van der Waals surface area (Å²) >= 11 is 3.16. The van der Waals surface area contributed by atoms with Gasteiger partial charge in [-0.15, -0.1) is 0 Å². The number of hydrogen-bond acceptors (Lipinski definition) is 3. The Kier molecular flexibility index (Phi) is 4.89. The van der Waals surface area contributed by atoms with E-state index in [9.17, 15) is 9.59 Å². The normalized spacial score (nSPS) is 9.76. The molecule has 2 N–H and O–H groups in total. The van der Waals surface area contributed by atoms with E-state index in [4.69, 9.17) is 5.11 Å². The predicted octanol–water partition coefficient (Wildman–Crippen LogP) is 1.18. The molecule has 0 aliphatic heterocycles. The van der Waals surface area contributed by atoms with Crippen LogP contribution in [0.3, 0.4) is 0 Å². The van der Waals surface area contributed by atoms with E-state index in [-0.39, 0.29) is 19.0 Å². The smallest absolute Gasteiger partial charge is 0.407 e. The van der Waals surface area contributed by atoms with Gasteiger partial charge in [0.05, 0.1) is 0 Å². The summed E-state index contributed by atoms with van der Waals surface area (Å²) in [5.74, 6) is -0.258. The lowest BCUT2D eigenvalue weighted by molar-refractivity contribution is 0.0946. The van der Waals surface area contributed by atoms with Gasteiger partial charge in [0.15, 0.2) is 0 Å². The first-order valence-corrected chi connectivity index (χ1v) is 5.64. The molecule has 0 atom stereocenters. The van der Waals surface area contributed by atoms with E-state index in [1.54, 1.807) is 12.1 Å². The van der Waals surface area contributed by atoms with Crippen LogP contribution < -0.4 is 5.32 Å². The first-order chi connectivity index (χ1) is 8.00. The zero-order valence-electron chi connectivity index (χ0n) is 9.18. The van der Waals surface area contributed by atoms with Gasteiger partial charge in [-0.1, -0.05) is 0 Å². The number of carbonyl (C=O) groups is 2. The Morgan fingerprint density at radius 1 is 1.59 bits per heavy atom. The Balaban J connectivity index is 2.43. The van der Waals surface area contributed by atoms with E-state index < -0.39 is 6.09 Å². The summed E-state index contributed by atoms with van der Waals surface area (Å²) in [6.07, 6.45) is 0.494. The summed E-state index contributed by atoms with van der Waals surface area (Å²) in [7, 11) is 1.44. The van der Waals surface area contributed by atoms with E-state index in [1.807, 2.05) is 0 Å². The molecule has 0 unspecified atom stereocenters. The lowest BCUT2D eigenvalue weighted by Gasteiger charge is -2.13. The number of rotatable bonds is 4. The van der Waals surface area contributed by atoms with Crippen LogP contribution in [-0.4, -0.2) is 47.1 Å². The van der Waals surface area contributed by atoms with Gasteiger partial charge in [-0.3, -0.25) is 4.79 Å². The molecule has 1 aromatic rings. The monoisotopic (exact) mass is 301 g/mol. The lowest BCUT2D eigenvalue weighted by atomic mass is 10.2. The first-order valence-electron chi connectivity index (χ1n) is 4.84. The maximum absolute atomic E-state index is 11.6. The van der Waals surface area contributed by atoms with Gasteiger partial charge in [0.1, 0.15) is 4.60 Å². The highest BCUT2D eigenvalue weighted by molar-refractivity contribution is 9.10. The Labute approximate surface area is 107 Å². The minimum atomic E-state index is -1.02. The number of carboxylic acid groups (broad SMARTS) is 1. The second kappa shape index (κ2) is 6.19. The molecule has 1 rings (SSSR count). The number of halogens is 1. The lowest BCUT2D eigenvalue weighted by Crippen LogP contribution is -2.35. The molecular formula is C10H12BrN3O3. The number of aromatic nitrogens is 1. The van der Waals surface area contributed by atoms with Gasteiger partial charge < -0.3 is 15.3 Å². The molecule has 17 heavy (non-hydrogen) atoms. The van der Waals surface area contributed by atoms with Gasteiger partial charge in [-0.2, -0.15) is 0 Å². The van der Waals surface area contributed by atoms with Gasteiger partial charge in [-0.05, 0) is 28.1 Å². The molecular weight excluding hydrogens is 290 g/mol. The second-order valence-electron chi connectivity index (χ2n) is 3.33. The van der Waals surface area contributed by atoms with Crippen LogP contribution in [0, 0.1) is 0 Å². The summed E-state index contributed by atoms with van der Waals surface area (Å²) in [6, 6.07) is 3.18. The third-order valence-corrected chi connectivity index (χ3v) is 2.48. The Morgan fingerprint density at radius 3 is 2.88 bits per heavy atom. The van der Waals surface area contributed by atoms with Gasteiger partial charge in [-0.25, -0.2) is 9.78 Å². The molecule has 6 nitrogen and oxygen atoms in total. The zero-order chi connectivity index (χ0) is 12.8. The molecule has 1 aromatic heterocycles. The van der Waals surface area contributed by atoms with Crippen molar-refractivity contribution in [1.82, 2.24) is 15.2 Å². The second-order valence-corrected chi connectivity index (χ2v) is 4.14. The van der Waals surface area contributed by atoms with E-state index in [0.717, 1.165) is 4.90 Å². The molecule has 0 aromatic carbocycles. The maximum atomic E-state index is 11.6. The van der Waals surface area contributed by atoms with Crippen LogP contribution in [0.2, 0.25) is 0 Å². The summed E-state index contributed by atoms with van der Waals surface area (Å²) in [5.41, 5.74) is 0.477. The molecule has 0 aliphatic rings. The highest BCUT2D eigenvalue weighted by atomic mass is 79.9. The van der Waals surface area contributed by atoms with Crippen molar-refractivity contribution in [3.05, 3.63) is 28.5 Å². The van der Waals surface area contributed by atoms with Crippen LogP contribution in [0.15, 0.2) is 22.9 Å². The van der Waals surface area contributed by atoms with Crippen LogP contribution in [0.25, 0.3) is 0 Å². The number of nitrogens with zero attached hydrogens (tertiary/aromatic N) is 2. The number of nitrogens with one attached hydrogen (secondary N) is 1. The van der Waals surface area contributed by atoms with E-state index in [0.29, 0.717) is 10.2 Å². The van der Waals surface area contributed by atoms with E-state index in [2.05, 4.69) is 26.2 Å². The molecule has 0 spiro atoms. The van der Waals surface area contributed by atoms with Crippen molar-refractivity contribution in [3.8, 4) is 0 Å². The summed E-state index contributed by atoms with van der Waals surface area (Å²) in [6.45, 7) is 0.509. The first kappa shape index (κ1) is 13.4. The summed E-state index contributed by atoms with van der Waals surface area (Å²) < 4.78 is 0.577. The molecule has 0 saturated carbocycles. The van der Waals surface area contributed by atoms with E-state index in [1.165, 1.54) is 13.2 Å². The molecule has 2 amide bonds.